The summed E-state index contributed by atoms with van der Waals surface area (Å²) < 4.78 is 27.4. The fourth-order valence-electron chi connectivity index (χ4n) is 31.8. The van der Waals surface area contributed by atoms with Crippen LogP contribution in [0.2, 0.25) is 0 Å². The van der Waals surface area contributed by atoms with Crippen molar-refractivity contribution in [3.63, 3.8) is 0 Å². The van der Waals surface area contributed by atoms with Gasteiger partial charge in [0.25, 0.3) is 0 Å². The first-order chi connectivity index (χ1) is 42.4. The minimum atomic E-state index is -0.187. The zero-order chi connectivity index (χ0) is 53.5. The molecule has 2 heterocycles. The highest BCUT2D eigenvalue weighted by atomic mass is 16.5. The number of benzene rings is 11. The Balaban J connectivity index is 0.875. The zero-order valence-corrected chi connectivity index (χ0v) is 47.5. The molecular formula is C78H48N4O4+2. The Kier molecular flexibility index (Phi) is 4.49. The highest BCUT2D eigenvalue weighted by molar-refractivity contribution is 6.69. The SMILES string of the molecule is C[N+]1(CCOCCOCCN)CC23C4=c5c6c7c8c9c%10c%11c%12c%13c%14c%15c%16c%17c%18c%19c%20c%21c%22c(c2c%20c2c%20c%23c%24c(c5c7c5c9c7c%11c(c%12%16)c9c%17c(c%192)c%23c9c7c%245)C%203C1)C4C1C=6C2c3c1c-%22c(c-%14c3C%13C%10C82)C%211C[N+](C)(CCOCCOCCN)CC%15%181. The average molecular weight is 1110 g/mol. The molecule has 16 aromatic carbocycles. The van der Waals surface area contributed by atoms with Crippen LogP contribution in [0.1, 0.15) is 113 Å². The van der Waals surface area contributed by atoms with Gasteiger partial charge < -0.3 is 39.4 Å². The van der Waals surface area contributed by atoms with E-state index < -0.39 is 0 Å². The van der Waals surface area contributed by atoms with Crippen molar-refractivity contribution in [2.24, 2.45) is 11.5 Å². The first-order valence-electron chi connectivity index (χ1n) is 33.6. The fraction of sp³-hybridized carbons (Fsp3) is 0.359. The van der Waals surface area contributed by atoms with E-state index in [4.69, 9.17) is 30.4 Å². The molecule has 34 rings (SSSR count). The number of likely N-dealkylation sites (tertiary alicyclic amines) is 2. The van der Waals surface area contributed by atoms with Gasteiger partial charge >= 0.3 is 0 Å². The number of quaternary nitrogens is 2. The Labute approximate surface area is 485 Å². The monoisotopic (exact) mass is 1100 g/mol. The minimum Gasteiger partial charge on any atom is -0.378 e. The molecule has 2 fully saturated rings. The van der Waals surface area contributed by atoms with E-state index in [1.165, 1.54) is 0 Å². The van der Waals surface area contributed by atoms with Crippen molar-refractivity contribution in [3.05, 3.63) is 88.3 Å². The van der Waals surface area contributed by atoms with Crippen LogP contribution >= 0.6 is 0 Å². The van der Waals surface area contributed by atoms with Gasteiger partial charge in [-0.2, -0.15) is 0 Å². The van der Waals surface area contributed by atoms with Gasteiger partial charge in [0, 0.05) is 48.6 Å². The summed E-state index contributed by atoms with van der Waals surface area (Å²) in [6, 6.07) is 0. The number of hydrogen-bond donors (Lipinski definition) is 2. The Hall–Kier alpha value is -6.82. The Bertz CT molecular complexity index is 6850. The zero-order valence-electron chi connectivity index (χ0n) is 47.5. The summed E-state index contributed by atoms with van der Waals surface area (Å²) in [7, 11) is 5.45. The van der Waals surface area contributed by atoms with Gasteiger partial charge in [0.15, 0.2) is 0 Å². The molecule has 4 N–H and O–H groups in total. The number of ether oxygens (including phenoxy) is 4. The number of nitrogens with zero attached hydrogens (tertiary/aromatic N) is 2. The molecule has 12 atom stereocenters. The van der Waals surface area contributed by atoms with Crippen molar-refractivity contribution in [1.82, 2.24) is 0 Å². The van der Waals surface area contributed by atoms with Gasteiger partial charge in [-0.15, -0.1) is 0 Å². The van der Waals surface area contributed by atoms with Crippen molar-refractivity contribution >= 4 is 162 Å². The Morgan fingerprint density at radius 2 is 0.721 bits per heavy atom. The second kappa shape index (κ2) is 9.87. The van der Waals surface area contributed by atoms with Crippen molar-refractivity contribution in [1.29, 1.82) is 0 Å². The third-order valence-corrected chi connectivity index (χ3v) is 31.7. The van der Waals surface area contributed by atoms with Crippen LogP contribution in [0.15, 0.2) is 0 Å². The van der Waals surface area contributed by atoms with E-state index in [0.29, 0.717) is 88.2 Å². The van der Waals surface area contributed by atoms with E-state index >= 15 is 0 Å². The molecule has 86 heavy (non-hydrogen) atoms. The first-order valence-corrected chi connectivity index (χ1v) is 33.6. The third-order valence-electron chi connectivity index (χ3n) is 31.7. The summed E-state index contributed by atoms with van der Waals surface area (Å²) in [5.74, 6) is 2.69. The number of hydrogen-bond acceptors (Lipinski definition) is 6. The van der Waals surface area contributed by atoms with E-state index in [0.717, 1.165) is 61.4 Å². The Morgan fingerprint density at radius 1 is 0.314 bits per heavy atom. The summed E-state index contributed by atoms with van der Waals surface area (Å²) in [6.07, 6.45) is 0. The second-order valence-electron chi connectivity index (χ2n) is 33.1. The maximum atomic E-state index is 6.75. The van der Waals surface area contributed by atoms with Gasteiger partial charge in [-0.25, -0.2) is 0 Å². The topological polar surface area (TPSA) is 89.0 Å². The van der Waals surface area contributed by atoms with Crippen LogP contribution in [0.3, 0.4) is 0 Å². The summed E-state index contributed by atoms with van der Waals surface area (Å²) in [5, 5.41) is 52.5. The van der Waals surface area contributed by atoms with Crippen molar-refractivity contribution in [3.8, 4) is 22.3 Å². The lowest BCUT2D eigenvalue weighted by Crippen LogP contribution is -2.55. The number of nitrogens with two attached hydrogens (primary N) is 2. The molecule has 0 amide bonds. The highest BCUT2D eigenvalue weighted by Crippen LogP contribution is 2.93. The smallest absolute Gasteiger partial charge is 0.102 e. The van der Waals surface area contributed by atoms with Crippen LogP contribution < -0.4 is 21.9 Å². The quantitative estimate of drug-likeness (QED) is 0.0570. The second-order valence-corrected chi connectivity index (χ2v) is 33.1. The molecule has 0 radical (unpaired) electrons. The van der Waals surface area contributed by atoms with Gasteiger partial charge in [-0.3, -0.25) is 0 Å². The molecule has 0 aromatic heterocycles. The van der Waals surface area contributed by atoms with Gasteiger partial charge in [0.05, 0.1) is 115 Å². The lowest BCUT2D eigenvalue weighted by atomic mass is 9.48. The van der Waals surface area contributed by atoms with E-state index in [2.05, 4.69) is 14.1 Å². The summed E-state index contributed by atoms with van der Waals surface area (Å²) in [5.41, 5.74) is 48.4. The van der Waals surface area contributed by atoms with Crippen molar-refractivity contribution < 1.29 is 27.9 Å². The molecule has 402 valence electrons. The van der Waals surface area contributed by atoms with E-state index in [-0.39, 0.29) is 21.7 Å². The lowest BCUT2D eigenvalue weighted by molar-refractivity contribution is -0.900. The molecule has 18 aliphatic rings. The van der Waals surface area contributed by atoms with Crippen LogP contribution in [0.4, 0.5) is 0 Å². The van der Waals surface area contributed by atoms with Gasteiger partial charge in [0.2, 0.25) is 0 Å². The van der Waals surface area contributed by atoms with E-state index in [1.54, 1.807) is 151 Å². The summed E-state index contributed by atoms with van der Waals surface area (Å²) >= 11 is 0. The maximum Gasteiger partial charge on any atom is 0.102 e. The molecule has 2 aliphatic heterocycles. The molecule has 16 aliphatic carbocycles. The predicted molar refractivity (Wildman–Crippen MR) is 336 cm³/mol. The van der Waals surface area contributed by atoms with Crippen molar-refractivity contribution in [2.75, 3.05) is 119 Å². The summed E-state index contributed by atoms with van der Waals surface area (Å²) in [4.78, 5) is 0. The standard InChI is InChI=1S/C78H48N4O4/c1-81(5-9-85-13-11-83-7-3-79)15-75-67-51-40-29-22-23-27-20-19-24-21-25(20)36-45-34(27)41-30(23)32-31(29)42-39-43(32)54-52(41)68-56(45)58-47(36)38-28(21)37-46-35(24)44(33(40)26(19)22)55(67)57(46)69-59-48(37)49(38)60-64-63(59)73(77(69,75)17-81)65-61(71(75)53(42)51)50(39)62-66(65)74(64)78(70(58)60)18-82(2,16-76(68,78)72(54)62)6-10-86-14-12-84-8-4-80/h21,24,28,35,49,60H,3-18,79-80H2,1-2H3/q+2. The van der Waals surface area contributed by atoms with E-state index in [1.807, 2.05) is 122 Å². The van der Waals surface area contributed by atoms with Gasteiger partial charge in [0.1, 0.15) is 13.1 Å². The molecule has 2 saturated heterocycles. The fourth-order valence-corrected chi connectivity index (χ4v) is 31.8. The van der Waals surface area contributed by atoms with Crippen molar-refractivity contribution in [2.45, 2.75) is 57.2 Å². The maximum absolute atomic E-state index is 6.75. The lowest BCUT2D eigenvalue weighted by Gasteiger charge is -2.49. The average Bonchev–Trinajstić information content (AvgIpc) is 1.38. The number of likely N-dealkylation sites (N-methyl/N-ethyl adjacent to an activating group) is 2. The normalized spacial score (nSPS) is 35.3. The molecule has 8 heteroatoms. The van der Waals surface area contributed by atoms with E-state index in [9.17, 15) is 0 Å². The van der Waals surface area contributed by atoms with Crippen LogP contribution in [-0.4, -0.2) is 128 Å². The van der Waals surface area contributed by atoms with Crippen LogP contribution in [-0.2, 0) is 40.6 Å². The van der Waals surface area contributed by atoms with Gasteiger partial charge in [-0.1, -0.05) is 0 Å². The van der Waals surface area contributed by atoms with Crippen LogP contribution in [0, 0.1) is 0 Å². The molecule has 4 spiro atoms. The molecule has 8 nitrogen and oxygen atoms in total. The summed E-state index contributed by atoms with van der Waals surface area (Å²) in [6.45, 7) is 12.9. The van der Waals surface area contributed by atoms with Crippen LogP contribution in [0.25, 0.3) is 184 Å². The Morgan fingerprint density at radius 3 is 1.35 bits per heavy atom. The highest BCUT2D eigenvalue weighted by Gasteiger charge is 2.85. The predicted octanol–water partition coefficient (Wildman–Crippen LogP) is 10.1. The molecular weight excluding hydrogens is 1060 g/mol. The molecule has 12 unspecified atom stereocenters. The van der Waals surface area contributed by atoms with Crippen LogP contribution in [0.5, 0.6) is 0 Å². The molecule has 0 bridgehead atoms. The first kappa shape index (κ1) is 39.2. The van der Waals surface area contributed by atoms with Gasteiger partial charge in [-0.05, 0) is 273 Å². The largest absolute Gasteiger partial charge is 0.378 e. The molecule has 16 aromatic rings. The number of rotatable bonds is 16. The minimum absolute atomic E-state index is 0.165. The molecule has 0 saturated carbocycles. The third kappa shape index (κ3) is 2.50.